The molecule has 0 radical (unpaired) electrons. The maximum absolute atomic E-state index is 12.8. The molecule has 3 aromatic rings. The van der Waals surface area contributed by atoms with E-state index in [1.165, 1.54) is 0 Å². The van der Waals surface area contributed by atoms with E-state index in [1.54, 1.807) is 29.4 Å². The van der Waals surface area contributed by atoms with Crippen molar-refractivity contribution >= 4 is 34.9 Å². The lowest BCUT2D eigenvalue weighted by Gasteiger charge is -2.34. The fourth-order valence-corrected chi connectivity index (χ4v) is 4.53. The van der Waals surface area contributed by atoms with Crippen molar-refractivity contribution in [2.75, 3.05) is 79.8 Å². The predicted molar refractivity (Wildman–Crippen MR) is 145 cm³/mol. The molecule has 2 aromatic carbocycles. The van der Waals surface area contributed by atoms with Gasteiger partial charge in [0.25, 0.3) is 5.91 Å². The Kier molecular flexibility index (Phi) is 7.46. The number of anilines is 4. The van der Waals surface area contributed by atoms with Crippen LogP contribution in [-0.4, -0.2) is 91.1 Å². The Morgan fingerprint density at radius 3 is 2.03 bits per heavy atom. The van der Waals surface area contributed by atoms with Gasteiger partial charge in [0.15, 0.2) is 0 Å². The Balaban J connectivity index is 1.13. The number of hydrogen-bond acceptors (Lipinski definition) is 7. The van der Waals surface area contributed by atoms with Crippen molar-refractivity contribution in [2.24, 2.45) is 0 Å². The van der Waals surface area contributed by atoms with Gasteiger partial charge in [-0.2, -0.15) is 0 Å². The third kappa shape index (κ3) is 6.15. The van der Waals surface area contributed by atoms with Crippen LogP contribution in [0.4, 0.5) is 27.8 Å². The number of rotatable bonds is 5. The number of benzene rings is 2. The van der Waals surface area contributed by atoms with Gasteiger partial charge >= 0.3 is 6.03 Å². The molecule has 5 rings (SSSR count). The third-order valence-corrected chi connectivity index (χ3v) is 6.77. The zero-order valence-corrected chi connectivity index (χ0v) is 21.0. The van der Waals surface area contributed by atoms with Gasteiger partial charge in [-0.25, -0.2) is 14.8 Å². The normalized spacial score (nSPS) is 16.4. The van der Waals surface area contributed by atoms with E-state index in [4.69, 9.17) is 0 Å². The first-order chi connectivity index (χ1) is 18.0. The van der Waals surface area contributed by atoms with Crippen molar-refractivity contribution in [3.63, 3.8) is 0 Å². The quantitative estimate of drug-likeness (QED) is 0.556. The molecule has 37 heavy (non-hydrogen) atoms. The molecule has 0 bridgehead atoms. The van der Waals surface area contributed by atoms with E-state index in [2.05, 4.69) is 42.3 Å². The van der Waals surface area contributed by atoms with E-state index in [9.17, 15) is 9.59 Å². The van der Waals surface area contributed by atoms with Gasteiger partial charge in [-0.15, -0.1) is 0 Å². The molecule has 2 aliphatic rings. The summed E-state index contributed by atoms with van der Waals surface area (Å²) in [5.41, 5.74) is 2.97. The summed E-state index contributed by atoms with van der Waals surface area (Å²) in [6.07, 6.45) is 3.44. The Hall–Kier alpha value is -4.18. The SMILES string of the molecule is CN1CCN(c2ccc(C(=O)Nc3cccc(NC(=O)N4CCN(c5ncccn5)CC4)c3)cc2)CC1. The molecular formula is C27H32N8O2. The summed E-state index contributed by atoms with van der Waals surface area (Å²) in [7, 11) is 2.13. The number of urea groups is 1. The summed E-state index contributed by atoms with van der Waals surface area (Å²) in [6, 6.07) is 16.5. The highest BCUT2D eigenvalue weighted by molar-refractivity contribution is 6.04. The van der Waals surface area contributed by atoms with E-state index in [-0.39, 0.29) is 11.9 Å². The second-order valence-electron chi connectivity index (χ2n) is 9.33. The summed E-state index contributed by atoms with van der Waals surface area (Å²) in [6.45, 7) is 6.52. The van der Waals surface area contributed by atoms with Crippen LogP contribution in [0.5, 0.6) is 0 Å². The Bertz CT molecular complexity index is 1200. The number of carbonyl (C=O) groups is 2. The summed E-state index contributed by atoms with van der Waals surface area (Å²) in [4.78, 5) is 42.7. The molecule has 0 saturated carbocycles. The highest BCUT2D eigenvalue weighted by atomic mass is 16.2. The first-order valence-corrected chi connectivity index (χ1v) is 12.6. The minimum absolute atomic E-state index is 0.170. The molecule has 0 aliphatic carbocycles. The van der Waals surface area contributed by atoms with Gasteiger partial charge in [0.2, 0.25) is 5.95 Å². The molecule has 0 spiro atoms. The van der Waals surface area contributed by atoms with Crippen LogP contribution < -0.4 is 20.4 Å². The zero-order valence-electron chi connectivity index (χ0n) is 21.0. The van der Waals surface area contributed by atoms with Crippen LogP contribution in [0.25, 0.3) is 0 Å². The van der Waals surface area contributed by atoms with Crippen LogP contribution in [0.2, 0.25) is 0 Å². The van der Waals surface area contributed by atoms with E-state index < -0.39 is 0 Å². The minimum Gasteiger partial charge on any atom is -0.369 e. The van der Waals surface area contributed by atoms with Crippen molar-refractivity contribution in [1.29, 1.82) is 0 Å². The molecule has 2 saturated heterocycles. The molecule has 1 aromatic heterocycles. The lowest BCUT2D eigenvalue weighted by Crippen LogP contribution is -2.50. The molecule has 0 atom stereocenters. The largest absolute Gasteiger partial charge is 0.369 e. The van der Waals surface area contributed by atoms with Gasteiger partial charge in [-0.3, -0.25) is 4.79 Å². The van der Waals surface area contributed by atoms with Crippen LogP contribution in [0, 0.1) is 0 Å². The van der Waals surface area contributed by atoms with Crippen molar-refractivity contribution < 1.29 is 9.59 Å². The molecule has 2 N–H and O–H groups in total. The number of likely N-dealkylation sites (N-methyl/N-ethyl adjacent to an activating group) is 1. The fraction of sp³-hybridized carbons (Fsp3) is 0.333. The van der Waals surface area contributed by atoms with Gasteiger partial charge < -0.3 is 30.2 Å². The predicted octanol–water partition coefficient (Wildman–Crippen LogP) is 2.83. The van der Waals surface area contributed by atoms with Gasteiger partial charge in [-0.1, -0.05) is 6.07 Å². The number of nitrogens with one attached hydrogen (secondary N) is 2. The lowest BCUT2D eigenvalue weighted by atomic mass is 10.1. The molecule has 10 nitrogen and oxygen atoms in total. The molecule has 3 amide bonds. The van der Waals surface area contributed by atoms with Gasteiger partial charge in [0.05, 0.1) is 0 Å². The smallest absolute Gasteiger partial charge is 0.321 e. The molecule has 2 aliphatic heterocycles. The number of carbonyl (C=O) groups excluding carboxylic acids is 2. The van der Waals surface area contributed by atoms with Crippen molar-refractivity contribution in [2.45, 2.75) is 0 Å². The third-order valence-electron chi connectivity index (χ3n) is 6.77. The van der Waals surface area contributed by atoms with E-state index in [0.29, 0.717) is 49.1 Å². The van der Waals surface area contributed by atoms with Crippen molar-refractivity contribution in [3.8, 4) is 0 Å². The Morgan fingerprint density at radius 2 is 1.35 bits per heavy atom. The van der Waals surface area contributed by atoms with Crippen molar-refractivity contribution in [3.05, 3.63) is 72.6 Å². The van der Waals surface area contributed by atoms with Crippen LogP contribution in [0.1, 0.15) is 10.4 Å². The first kappa shape index (κ1) is 24.5. The number of hydrogen-bond donors (Lipinski definition) is 2. The fourth-order valence-electron chi connectivity index (χ4n) is 4.53. The summed E-state index contributed by atoms with van der Waals surface area (Å²) in [5, 5.41) is 5.88. The monoisotopic (exact) mass is 500 g/mol. The van der Waals surface area contributed by atoms with Crippen LogP contribution >= 0.6 is 0 Å². The van der Waals surface area contributed by atoms with E-state index in [0.717, 1.165) is 31.9 Å². The van der Waals surface area contributed by atoms with Crippen LogP contribution in [0.15, 0.2) is 67.0 Å². The van der Waals surface area contributed by atoms with E-state index >= 15 is 0 Å². The molecular weight excluding hydrogens is 468 g/mol. The second kappa shape index (κ2) is 11.3. The highest BCUT2D eigenvalue weighted by Crippen LogP contribution is 2.20. The Morgan fingerprint density at radius 1 is 0.730 bits per heavy atom. The summed E-state index contributed by atoms with van der Waals surface area (Å²) < 4.78 is 0. The topological polar surface area (TPSA) is 96.9 Å². The summed E-state index contributed by atoms with van der Waals surface area (Å²) >= 11 is 0. The number of piperazine rings is 2. The average molecular weight is 501 g/mol. The molecule has 3 heterocycles. The number of amides is 3. The standard InChI is InChI=1S/C27H32N8O2/c1-32-12-14-33(15-13-32)24-8-6-21(7-9-24)25(36)30-22-4-2-5-23(20-22)31-27(37)35-18-16-34(17-19-35)26-28-10-3-11-29-26/h2-11,20H,12-19H2,1H3,(H,30,36)(H,31,37). The highest BCUT2D eigenvalue weighted by Gasteiger charge is 2.22. The molecule has 2 fully saturated rings. The summed E-state index contributed by atoms with van der Waals surface area (Å²) in [5.74, 6) is 0.493. The maximum Gasteiger partial charge on any atom is 0.321 e. The van der Waals surface area contributed by atoms with Gasteiger partial charge in [-0.05, 0) is 55.6 Å². The van der Waals surface area contributed by atoms with Gasteiger partial charge in [0, 0.05) is 87.4 Å². The van der Waals surface area contributed by atoms with Crippen LogP contribution in [0.3, 0.4) is 0 Å². The van der Waals surface area contributed by atoms with Crippen molar-refractivity contribution in [1.82, 2.24) is 19.8 Å². The van der Waals surface area contributed by atoms with Gasteiger partial charge in [0.1, 0.15) is 0 Å². The minimum atomic E-state index is -0.187. The lowest BCUT2D eigenvalue weighted by molar-refractivity contribution is 0.102. The Labute approximate surface area is 216 Å². The molecule has 192 valence electrons. The second-order valence-corrected chi connectivity index (χ2v) is 9.33. The maximum atomic E-state index is 12.8. The van der Waals surface area contributed by atoms with Crippen LogP contribution in [-0.2, 0) is 0 Å². The zero-order chi connectivity index (χ0) is 25.6. The number of aromatic nitrogens is 2. The molecule has 0 unspecified atom stereocenters. The van der Waals surface area contributed by atoms with E-state index in [1.807, 2.05) is 42.5 Å². The molecule has 10 heteroatoms. The first-order valence-electron chi connectivity index (χ1n) is 12.6. The number of nitrogens with zero attached hydrogens (tertiary/aromatic N) is 6. The average Bonchev–Trinajstić information content (AvgIpc) is 2.94.